The predicted molar refractivity (Wildman–Crippen MR) is 53.8 cm³/mol. The van der Waals surface area contributed by atoms with Gasteiger partial charge in [0.1, 0.15) is 5.78 Å². The third-order valence-corrected chi connectivity index (χ3v) is 2.22. The molecule has 0 aromatic rings. The Morgan fingerprint density at radius 1 is 1.38 bits per heavy atom. The minimum Gasteiger partial charge on any atom is -0.383 e. The molecule has 3 heteroatoms. The summed E-state index contributed by atoms with van der Waals surface area (Å²) in [5.74, 6) is 0.552. The SMILES string of the molecule is CCC(CC)C(=O)CNCCOC. The van der Waals surface area contributed by atoms with Gasteiger partial charge in [0.05, 0.1) is 13.2 Å². The van der Waals surface area contributed by atoms with Crippen molar-refractivity contribution in [2.24, 2.45) is 5.92 Å². The molecule has 13 heavy (non-hydrogen) atoms. The Bertz CT molecular complexity index is 133. The van der Waals surface area contributed by atoms with Crippen LogP contribution in [0.4, 0.5) is 0 Å². The summed E-state index contributed by atoms with van der Waals surface area (Å²) >= 11 is 0. The van der Waals surface area contributed by atoms with E-state index in [0.717, 1.165) is 19.4 Å². The van der Waals surface area contributed by atoms with Crippen LogP contribution in [0.3, 0.4) is 0 Å². The second-order valence-corrected chi connectivity index (χ2v) is 3.15. The monoisotopic (exact) mass is 187 g/mol. The molecule has 0 fully saturated rings. The van der Waals surface area contributed by atoms with Gasteiger partial charge in [0.25, 0.3) is 0 Å². The summed E-state index contributed by atoms with van der Waals surface area (Å²) in [6.45, 7) is 6.01. The van der Waals surface area contributed by atoms with E-state index in [1.54, 1.807) is 7.11 Å². The average molecular weight is 187 g/mol. The van der Waals surface area contributed by atoms with E-state index in [1.807, 2.05) is 0 Å². The Hall–Kier alpha value is -0.410. The van der Waals surface area contributed by atoms with Gasteiger partial charge in [0, 0.05) is 19.6 Å². The lowest BCUT2D eigenvalue weighted by atomic mass is 9.98. The van der Waals surface area contributed by atoms with E-state index in [9.17, 15) is 4.79 Å². The number of hydrogen-bond donors (Lipinski definition) is 1. The van der Waals surface area contributed by atoms with Crippen LogP contribution in [0.5, 0.6) is 0 Å². The van der Waals surface area contributed by atoms with Crippen LogP contribution < -0.4 is 5.32 Å². The number of ketones is 1. The highest BCUT2D eigenvalue weighted by Gasteiger charge is 2.12. The molecule has 0 aliphatic rings. The van der Waals surface area contributed by atoms with E-state index < -0.39 is 0 Å². The summed E-state index contributed by atoms with van der Waals surface area (Å²) in [5.41, 5.74) is 0. The van der Waals surface area contributed by atoms with Crippen LogP contribution in [0.1, 0.15) is 26.7 Å². The Balaban J connectivity index is 3.48. The fourth-order valence-corrected chi connectivity index (χ4v) is 1.27. The molecule has 0 saturated carbocycles. The largest absolute Gasteiger partial charge is 0.383 e. The van der Waals surface area contributed by atoms with Crippen LogP contribution in [0, 0.1) is 5.92 Å². The van der Waals surface area contributed by atoms with Crippen LogP contribution >= 0.6 is 0 Å². The van der Waals surface area contributed by atoms with Crippen molar-refractivity contribution in [2.75, 3.05) is 26.8 Å². The standard InChI is InChI=1S/C10H21NO2/c1-4-9(5-2)10(12)8-11-6-7-13-3/h9,11H,4-8H2,1-3H3. The molecule has 0 rings (SSSR count). The van der Waals surface area contributed by atoms with Crippen molar-refractivity contribution < 1.29 is 9.53 Å². The molecule has 0 aromatic heterocycles. The Labute approximate surface area is 80.8 Å². The van der Waals surface area contributed by atoms with Gasteiger partial charge in [0.15, 0.2) is 0 Å². The molecule has 0 radical (unpaired) electrons. The maximum Gasteiger partial charge on any atom is 0.149 e. The summed E-state index contributed by atoms with van der Waals surface area (Å²) in [7, 11) is 1.66. The number of methoxy groups -OCH3 is 1. The molecule has 0 unspecified atom stereocenters. The van der Waals surface area contributed by atoms with Crippen LogP contribution in [0.15, 0.2) is 0 Å². The first-order valence-electron chi connectivity index (χ1n) is 4.98. The highest BCUT2D eigenvalue weighted by atomic mass is 16.5. The fourth-order valence-electron chi connectivity index (χ4n) is 1.27. The van der Waals surface area contributed by atoms with Crippen LogP contribution in [0.2, 0.25) is 0 Å². The molecule has 0 spiro atoms. The molecule has 0 heterocycles. The number of rotatable bonds is 8. The first-order chi connectivity index (χ1) is 6.26. The van der Waals surface area contributed by atoms with Gasteiger partial charge in [-0.25, -0.2) is 0 Å². The maximum absolute atomic E-state index is 11.5. The van der Waals surface area contributed by atoms with E-state index in [1.165, 1.54) is 0 Å². The molecule has 0 amide bonds. The number of hydrogen-bond acceptors (Lipinski definition) is 3. The van der Waals surface area contributed by atoms with Crippen molar-refractivity contribution in [1.82, 2.24) is 5.32 Å². The molecule has 1 N–H and O–H groups in total. The first kappa shape index (κ1) is 12.6. The zero-order valence-corrected chi connectivity index (χ0v) is 8.93. The molecule has 78 valence electrons. The Kier molecular flexibility index (Phi) is 7.94. The summed E-state index contributed by atoms with van der Waals surface area (Å²) in [4.78, 5) is 11.5. The van der Waals surface area contributed by atoms with Gasteiger partial charge in [-0.3, -0.25) is 4.79 Å². The Morgan fingerprint density at radius 2 is 2.00 bits per heavy atom. The lowest BCUT2D eigenvalue weighted by Gasteiger charge is -2.11. The first-order valence-corrected chi connectivity index (χ1v) is 4.98. The van der Waals surface area contributed by atoms with Crippen molar-refractivity contribution in [2.45, 2.75) is 26.7 Å². The van der Waals surface area contributed by atoms with E-state index in [0.29, 0.717) is 18.9 Å². The number of carbonyl (C=O) groups is 1. The van der Waals surface area contributed by atoms with Gasteiger partial charge in [-0.2, -0.15) is 0 Å². The van der Waals surface area contributed by atoms with Gasteiger partial charge < -0.3 is 10.1 Å². The highest BCUT2D eigenvalue weighted by molar-refractivity contribution is 5.82. The second-order valence-electron chi connectivity index (χ2n) is 3.15. The second kappa shape index (κ2) is 8.20. The number of ether oxygens (including phenoxy) is 1. The number of nitrogens with one attached hydrogen (secondary N) is 1. The molecule has 0 saturated heterocycles. The lowest BCUT2D eigenvalue weighted by Crippen LogP contribution is -2.30. The van der Waals surface area contributed by atoms with Crippen molar-refractivity contribution in [3.63, 3.8) is 0 Å². The van der Waals surface area contributed by atoms with Crippen molar-refractivity contribution in [3.05, 3.63) is 0 Å². The molecule has 0 aromatic carbocycles. The van der Waals surface area contributed by atoms with Gasteiger partial charge in [-0.1, -0.05) is 13.8 Å². The molecule has 3 nitrogen and oxygen atoms in total. The molecule has 0 aliphatic heterocycles. The third kappa shape index (κ3) is 5.77. The summed E-state index contributed by atoms with van der Waals surface area (Å²) in [6, 6.07) is 0. The molecular weight excluding hydrogens is 166 g/mol. The minimum atomic E-state index is 0.232. The van der Waals surface area contributed by atoms with E-state index in [-0.39, 0.29) is 5.92 Å². The predicted octanol–water partition coefficient (Wildman–Crippen LogP) is 1.23. The van der Waals surface area contributed by atoms with Gasteiger partial charge in [0.2, 0.25) is 0 Å². The molecule has 0 bridgehead atoms. The number of carbonyl (C=O) groups excluding carboxylic acids is 1. The van der Waals surface area contributed by atoms with Crippen molar-refractivity contribution in [1.29, 1.82) is 0 Å². The molecule has 0 aliphatic carbocycles. The van der Waals surface area contributed by atoms with E-state index >= 15 is 0 Å². The van der Waals surface area contributed by atoms with Crippen LogP contribution in [0.25, 0.3) is 0 Å². The zero-order valence-electron chi connectivity index (χ0n) is 8.93. The van der Waals surface area contributed by atoms with Crippen LogP contribution in [-0.4, -0.2) is 32.6 Å². The van der Waals surface area contributed by atoms with Gasteiger partial charge in [-0.05, 0) is 12.8 Å². The normalized spacial score (nSPS) is 10.8. The maximum atomic E-state index is 11.5. The Morgan fingerprint density at radius 3 is 2.46 bits per heavy atom. The number of Topliss-reactive ketones (excluding diaryl/α,β-unsaturated/α-hetero) is 1. The summed E-state index contributed by atoms with van der Waals surface area (Å²) in [6.07, 6.45) is 1.89. The van der Waals surface area contributed by atoms with E-state index in [4.69, 9.17) is 4.74 Å². The van der Waals surface area contributed by atoms with Gasteiger partial charge in [-0.15, -0.1) is 0 Å². The smallest absolute Gasteiger partial charge is 0.149 e. The zero-order chi connectivity index (χ0) is 10.1. The van der Waals surface area contributed by atoms with Crippen molar-refractivity contribution >= 4 is 5.78 Å². The summed E-state index contributed by atoms with van der Waals surface area (Å²) < 4.78 is 4.86. The minimum absolute atomic E-state index is 0.232. The average Bonchev–Trinajstić information content (AvgIpc) is 2.14. The van der Waals surface area contributed by atoms with Crippen molar-refractivity contribution in [3.8, 4) is 0 Å². The third-order valence-electron chi connectivity index (χ3n) is 2.22. The lowest BCUT2D eigenvalue weighted by molar-refractivity contribution is -0.122. The topological polar surface area (TPSA) is 38.3 Å². The molecule has 0 atom stereocenters. The quantitative estimate of drug-likeness (QED) is 0.581. The molecular formula is C10H21NO2. The van der Waals surface area contributed by atoms with Gasteiger partial charge >= 0.3 is 0 Å². The van der Waals surface area contributed by atoms with E-state index in [2.05, 4.69) is 19.2 Å². The summed E-state index contributed by atoms with van der Waals surface area (Å²) in [5, 5.41) is 3.06. The fraction of sp³-hybridized carbons (Fsp3) is 0.900. The van der Waals surface area contributed by atoms with Crippen LogP contribution in [-0.2, 0) is 9.53 Å². The highest BCUT2D eigenvalue weighted by Crippen LogP contribution is 2.07.